The Balaban J connectivity index is 2.00. The molecule has 1 atom stereocenters. The third-order valence-electron chi connectivity index (χ3n) is 3.69. The third kappa shape index (κ3) is 3.43. The first-order chi connectivity index (χ1) is 9.68. The standard InChI is InChI=1S/C15H24N4O2/c1-10(2)18-8-11(6-13(18)20)14(21)17-12-7-16-19(9-12)15(3,4)5/h7,9-11H,6,8H2,1-5H3,(H,17,21). The SMILES string of the molecule is CC(C)N1CC(C(=O)Nc2cnn(C(C)(C)C)c2)CC1=O. The second kappa shape index (κ2) is 5.50. The van der Waals surface area contributed by atoms with Gasteiger partial charge in [-0.15, -0.1) is 0 Å². The van der Waals surface area contributed by atoms with E-state index in [4.69, 9.17) is 0 Å². The van der Waals surface area contributed by atoms with Gasteiger partial charge in [0.2, 0.25) is 11.8 Å². The summed E-state index contributed by atoms with van der Waals surface area (Å²) >= 11 is 0. The smallest absolute Gasteiger partial charge is 0.229 e. The number of hydrogen-bond donors (Lipinski definition) is 1. The zero-order chi connectivity index (χ0) is 15.8. The van der Waals surface area contributed by atoms with Gasteiger partial charge < -0.3 is 10.2 Å². The first kappa shape index (κ1) is 15.5. The first-order valence-electron chi connectivity index (χ1n) is 7.34. The van der Waals surface area contributed by atoms with Crippen LogP contribution >= 0.6 is 0 Å². The zero-order valence-electron chi connectivity index (χ0n) is 13.4. The topological polar surface area (TPSA) is 67.2 Å². The quantitative estimate of drug-likeness (QED) is 0.924. The van der Waals surface area contributed by atoms with Crippen LogP contribution in [0, 0.1) is 5.92 Å². The molecular weight excluding hydrogens is 268 g/mol. The van der Waals surface area contributed by atoms with Gasteiger partial charge in [0.05, 0.1) is 23.3 Å². The van der Waals surface area contributed by atoms with Crippen LogP contribution in [0.3, 0.4) is 0 Å². The van der Waals surface area contributed by atoms with Gasteiger partial charge in [0.15, 0.2) is 0 Å². The second-order valence-corrected chi connectivity index (χ2v) is 6.87. The number of carbonyl (C=O) groups is 2. The Morgan fingerprint density at radius 3 is 2.57 bits per heavy atom. The number of aromatic nitrogens is 2. The highest BCUT2D eigenvalue weighted by molar-refractivity contribution is 5.97. The van der Waals surface area contributed by atoms with Gasteiger partial charge in [-0.1, -0.05) is 0 Å². The molecule has 116 valence electrons. The van der Waals surface area contributed by atoms with E-state index in [0.29, 0.717) is 12.2 Å². The molecule has 2 heterocycles. The lowest BCUT2D eigenvalue weighted by molar-refractivity contribution is -0.129. The van der Waals surface area contributed by atoms with Crippen molar-refractivity contribution in [3.63, 3.8) is 0 Å². The molecular formula is C15H24N4O2. The number of anilines is 1. The highest BCUT2D eigenvalue weighted by atomic mass is 16.2. The van der Waals surface area contributed by atoms with Crippen molar-refractivity contribution in [2.75, 3.05) is 11.9 Å². The molecule has 0 aromatic carbocycles. The molecule has 0 radical (unpaired) electrons. The molecule has 1 aromatic rings. The number of nitrogens with one attached hydrogen (secondary N) is 1. The second-order valence-electron chi connectivity index (χ2n) is 6.87. The number of amides is 2. The lowest BCUT2D eigenvalue weighted by Gasteiger charge is -2.20. The monoisotopic (exact) mass is 292 g/mol. The third-order valence-corrected chi connectivity index (χ3v) is 3.69. The van der Waals surface area contributed by atoms with Crippen LogP contribution in [0.25, 0.3) is 0 Å². The molecule has 1 unspecified atom stereocenters. The molecule has 2 rings (SSSR count). The minimum absolute atomic E-state index is 0.0514. The Morgan fingerprint density at radius 1 is 1.43 bits per heavy atom. The maximum Gasteiger partial charge on any atom is 0.229 e. The molecule has 2 amide bonds. The van der Waals surface area contributed by atoms with Crippen molar-refractivity contribution in [2.24, 2.45) is 5.92 Å². The van der Waals surface area contributed by atoms with Gasteiger partial charge in [-0.3, -0.25) is 14.3 Å². The van der Waals surface area contributed by atoms with Crippen molar-refractivity contribution >= 4 is 17.5 Å². The van der Waals surface area contributed by atoms with Crippen molar-refractivity contribution in [3.05, 3.63) is 12.4 Å². The maximum atomic E-state index is 12.3. The molecule has 0 bridgehead atoms. The molecule has 1 saturated heterocycles. The molecule has 1 aliphatic rings. The Morgan fingerprint density at radius 2 is 2.10 bits per heavy atom. The maximum absolute atomic E-state index is 12.3. The molecule has 21 heavy (non-hydrogen) atoms. The molecule has 0 saturated carbocycles. The lowest BCUT2D eigenvalue weighted by atomic mass is 10.1. The predicted molar refractivity (Wildman–Crippen MR) is 80.8 cm³/mol. The van der Waals surface area contributed by atoms with Gasteiger partial charge in [0, 0.05) is 25.2 Å². The van der Waals surface area contributed by atoms with E-state index in [1.165, 1.54) is 0 Å². The zero-order valence-corrected chi connectivity index (χ0v) is 13.4. The molecule has 0 spiro atoms. The van der Waals surface area contributed by atoms with E-state index < -0.39 is 0 Å². The van der Waals surface area contributed by atoms with E-state index >= 15 is 0 Å². The summed E-state index contributed by atoms with van der Waals surface area (Å²) in [6.45, 7) is 10.6. The summed E-state index contributed by atoms with van der Waals surface area (Å²) in [4.78, 5) is 25.9. The van der Waals surface area contributed by atoms with Crippen molar-refractivity contribution in [1.29, 1.82) is 0 Å². The van der Waals surface area contributed by atoms with Gasteiger partial charge in [-0.2, -0.15) is 5.10 Å². The predicted octanol–water partition coefficient (Wildman–Crippen LogP) is 1.83. The van der Waals surface area contributed by atoms with Crippen molar-refractivity contribution < 1.29 is 9.59 Å². The number of hydrogen-bond acceptors (Lipinski definition) is 3. The Hall–Kier alpha value is -1.85. The normalized spacial score (nSPS) is 19.4. The lowest BCUT2D eigenvalue weighted by Crippen LogP contribution is -2.33. The first-order valence-corrected chi connectivity index (χ1v) is 7.34. The van der Waals surface area contributed by atoms with Crippen molar-refractivity contribution in [1.82, 2.24) is 14.7 Å². The number of rotatable bonds is 3. The van der Waals surface area contributed by atoms with Crippen molar-refractivity contribution in [3.8, 4) is 0 Å². The van der Waals surface area contributed by atoms with Gasteiger partial charge in [0.1, 0.15) is 0 Å². The fraction of sp³-hybridized carbons (Fsp3) is 0.667. The van der Waals surface area contributed by atoms with Crippen LogP contribution in [0.5, 0.6) is 0 Å². The van der Waals surface area contributed by atoms with E-state index in [2.05, 4.69) is 10.4 Å². The number of likely N-dealkylation sites (tertiary alicyclic amines) is 1. The number of carbonyl (C=O) groups excluding carboxylic acids is 2. The van der Waals surface area contributed by atoms with Gasteiger partial charge >= 0.3 is 0 Å². The van der Waals surface area contributed by atoms with E-state index in [1.807, 2.05) is 45.5 Å². The molecule has 1 fully saturated rings. The Kier molecular flexibility index (Phi) is 4.07. The van der Waals surface area contributed by atoms with E-state index in [0.717, 1.165) is 0 Å². The summed E-state index contributed by atoms with van der Waals surface area (Å²) in [6, 6.07) is 0.138. The largest absolute Gasteiger partial charge is 0.339 e. The Labute approximate surface area is 125 Å². The molecule has 0 aliphatic carbocycles. The van der Waals surface area contributed by atoms with E-state index in [9.17, 15) is 9.59 Å². The highest BCUT2D eigenvalue weighted by Crippen LogP contribution is 2.22. The van der Waals surface area contributed by atoms with E-state index in [-0.39, 0.29) is 35.7 Å². The molecule has 1 N–H and O–H groups in total. The number of nitrogens with zero attached hydrogens (tertiary/aromatic N) is 3. The highest BCUT2D eigenvalue weighted by Gasteiger charge is 2.35. The minimum Gasteiger partial charge on any atom is -0.339 e. The molecule has 1 aliphatic heterocycles. The van der Waals surface area contributed by atoms with Crippen LogP contribution in [-0.4, -0.2) is 39.1 Å². The van der Waals surface area contributed by atoms with Crippen LogP contribution in [0.2, 0.25) is 0 Å². The molecule has 6 nitrogen and oxygen atoms in total. The molecule has 6 heteroatoms. The summed E-state index contributed by atoms with van der Waals surface area (Å²) in [5.74, 6) is -0.339. The van der Waals surface area contributed by atoms with Crippen LogP contribution in [0.15, 0.2) is 12.4 Å². The Bertz CT molecular complexity index is 542. The average Bonchev–Trinajstić information content (AvgIpc) is 2.94. The van der Waals surface area contributed by atoms with Crippen LogP contribution in [0.1, 0.15) is 41.0 Å². The fourth-order valence-electron chi connectivity index (χ4n) is 2.40. The average molecular weight is 292 g/mol. The van der Waals surface area contributed by atoms with Gasteiger partial charge in [-0.05, 0) is 34.6 Å². The summed E-state index contributed by atoms with van der Waals surface area (Å²) < 4.78 is 1.81. The molecule has 1 aromatic heterocycles. The van der Waals surface area contributed by atoms with Crippen molar-refractivity contribution in [2.45, 2.75) is 52.6 Å². The fourth-order valence-corrected chi connectivity index (χ4v) is 2.40. The van der Waals surface area contributed by atoms with Gasteiger partial charge in [-0.25, -0.2) is 0 Å². The minimum atomic E-state index is -0.280. The summed E-state index contributed by atoms with van der Waals surface area (Å²) in [6.07, 6.45) is 3.74. The van der Waals surface area contributed by atoms with Crippen LogP contribution < -0.4 is 5.32 Å². The summed E-state index contributed by atoms with van der Waals surface area (Å²) in [5.41, 5.74) is 0.547. The van der Waals surface area contributed by atoms with Gasteiger partial charge in [0.25, 0.3) is 0 Å². The van der Waals surface area contributed by atoms with Crippen LogP contribution in [0.4, 0.5) is 5.69 Å². The van der Waals surface area contributed by atoms with E-state index in [1.54, 1.807) is 11.1 Å². The summed E-state index contributed by atoms with van der Waals surface area (Å²) in [5, 5.41) is 7.11. The summed E-state index contributed by atoms with van der Waals surface area (Å²) in [7, 11) is 0. The van der Waals surface area contributed by atoms with Crippen LogP contribution in [-0.2, 0) is 15.1 Å².